The Morgan fingerprint density at radius 1 is 1.00 bits per heavy atom. The van der Waals surface area contributed by atoms with Gasteiger partial charge >= 0.3 is 0 Å². The van der Waals surface area contributed by atoms with Crippen molar-refractivity contribution in [2.24, 2.45) is 0 Å². The number of halogens is 3. The van der Waals surface area contributed by atoms with Gasteiger partial charge in [-0.25, -0.2) is 14.4 Å². The summed E-state index contributed by atoms with van der Waals surface area (Å²) in [6.07, 6.45) is 2.02. The summed E-state index contributed by atoms with van der Waals surface area (Å²) in [5, 5.41) is 13.6. The van der Waals surface area contributed by atoms with Crippen LogP contribution in [-0.2, 0) is 0 Å². The molecular formula is C21H22Cl2FN5S. The average Bonchev–Trinajstić information content (AvgIpc) is 3.09. The van der Waals surface area contributed by atoms with Gasteiger partial charge in [-0.2, -0.15) is 10.2 Å². The van der Waals surface area contributed by atoms with Gasteiger partial charge < -0.3 is 5.32 Å². The second-order valence-corrected chi connectivity index (χ2v) is 8.58. The number of hydrogen-bond acceptors (Lipinski definition) is 6. The summed E-state index contributed by atoms with van der Waals surface area (Å²) in [6.45, 7) is 5.92. The lowest BCUT2D eigenvalue weighted by Gasteiger charge is -2.21. The molecule has 0 unspecified atom stereocenters. The second kappa shape index (κ2) is 9.06. The highest BCUT2D eigenvalue weighted by molar-refractivity contribution is 7.18. The number of benzene rings is 1. The van der Waals surface area contributed by atoms with Crippen molar-refractivity contribution >= 4 is 57.4 Å². The summed E-state index contributed by atoms with van der Waals surface area (Å²) in [5.41, 5.74) is 4.85. The molecule has 4 heterocycles. The molecule has 1 aromatic carbocycles. The third-order valence-electron chi connectivity index (χ3n) is 5.39. The van der Waals surface area contributed by atoms with Gasteiger partial charge in [0.15, 0.2) is 0 Å². The maximum Gasteiger partial charge on any atom is 0.144 e. The van der Waals surface area contributed by atoms with Crippen LogP contribution in [0.1, 0.15) is 35.0 Å². The molecule has 9 heteroatoms. The fraction of sp³-hybridized carbons (Fsp3) is 0.333. The number of piperidine rings is 1. The maximum atomic E-state index is 15.0. The lowest BCUT2D eigenvalue weighted by Crippen LogP contribution is -2.27. The Morgan fingerprint density at radius 2 is 1.77 bits per heavy atom. The van der Waals surface area contributed by atoms with Crippen LogP contribution < -0.4 is 5.32 Å². The van der Waals surface area contributed by atoms with E-state index in [1.165, 1.54) is 0 Å². The molecule has 0 aliphatic carbocycles. The van der Waals surface area contributed by atoms with E-state index in [0.717, 1.165) is 58.2 Å². The van der Waals surface area contributed by atoms with E-state index in [1.807, 2.05) is 32.0 Å². The molecule has 158 valence electrons. The molecule has 4 aromatic rings. The van der Waals surface area contributed by atoms with Gasteiger partial charge in [0.1, 0.15) is 16.2 Å². The molecule has 1 aliphatic heterocycles. The standard InChI is InChI=1S/C21H20FN5S.2ClH/c1-11-7-17(25-21-20(11)24-12(2)28-21)14-8-16(22)15-10-18(26-27-19(15)9-14)13-3-5-23-6-4-13;;/h7-10,13,23H,3-6H2,1-2H3;2*1H. The minimum Gasteiger partial charge on any atom is -0.317 e. The number of pyridine rings is 1. The maximum absolute atomic E-state index is 15.0. The highest BCUT2D eigenvalue weighted by Crippen LogP contribution is 2.31. The topological polar surface area (TPSA) is 63.6 Å². The van der Waals surface area contributed by atoms with Gasteiger partial charge in [-0.1, -0.05) is 11.3 Å². The molecule has 1 aliphatic rings. The molecule has 5 nitrogen and oxygen atoms in total. The lowest BCUT2D eigenvalue weighted by atomic mass is 9.93. The van der Waals surface area contributed by atoms with E-state index in [2.05, 4.69) is 20.5 Å². The van der Waals surface area contributed by atoms with Gasteiger partial charge in [-0.05, 0) is 69.6 Å². The summed E-state index contributed by atoms with van der Waals surface area (Å²) >= 11 is 1.55. The molecule has 0 atom stereocenters. The summed E-state index contributed by atoms with van der Waals surface area (Å²) in [6, 6.07) is 7.25. The Hall–Kier alpha value is -1.93. The van der Waals surface area contributed by atoms with Crippen molar-refractivity contribution in [3.05, 3.63) is 46.3 Å². The Labute approximate surface area is 190 Å². The van der Waals surface area contributed by atoms with Crippen LogP contribution in [0.3, 0.4) is 0 Å². The largest absolute Gasteiger partial charge is 0.317 e. The van der Waals surface area contributed by atoms with Crippen molar-refractivity contribution in [1.82, 2.24) is 25.5 Å². The number of hydrogen-bond donors (Lipinski definition) is 1. The van der Waals surface area contributed by atoms with Crippen LogP contribution >= 0.6 is 36.2 Å². The molecule has 0 bridgehead atoms. The lowest BCUT2D eigenvalue weighted by molar-refractivity contribution is 0.451. The first-order valence-corrected chi connectivity index (χ1v) is 10.3. The smallest absolute Gasteiger partial charge is 0.144 e. The zero-order valence-electron chi connectivity index (χ0n) is 16.6. The third kappa shape index (κ3) is 4.12. The normalized spacial score (nSPS) is 14.5. The first-order valence-electron chi connectivity index (χ1n) is 9.51. The van der Waals surface area contributed by atoms with Gasteiger partial charge in [-0.3, -0.25) is 0 Å². The predicted octanol–water partition coefficient (Wildman–Crippen LogP) is 5.37. The van der Waals surface area contributed by atoms with E-state index in [4.69, 9.17) is 4.98 Å². The summed E-state index contributed by atoms with van der Waals surface area (Å²) in [5.74, 6) is 0.0659. The Morgan fingerprint density at radius 3 is 2.53 bits per heavy atom. The van der Waals surface area contributed by atoms with Crippen LogP contribution in [0, 0.1) is 19.7 Å². The van der Waals surface area contributed by atoms with Gasteiger partial charge in [0.05, 0.1) is 21.9 Å². The molecule has 30 heavy (non-hydrogen) atoms. The Balaban J connectivity index is 0.00000128. The molecule has 3 aromatic heterocycles. The van der Waals surface area contributed by atoms with Gasteiger partial charge in [0.2, 0.25) is 0 Å². The van der Waals surface area contributed by atoms with E-state index in [-0.39, 0.29) is 30.6 Å². The molecule has 1 N–H and O–H groups in total. The quantitative estimate of drug-likeness (QED) is 0.431. The summed E-state index contributed by atoms with van der Waals surface area (Å²) in [4.78, 5) is 10.1. The zero-order chi connectivity index (χ0) is 19.3. The number of nitrogens with zero attached hydrogens (tertiary/aromatic N) is 4. The fourth-order valence-electron chi connectivity index (χ4n) is 3.89. The van der Waals surface area contributed by atoms with E-state index >= 15 is 0 Å². The van der Waals surface area contributed by atoms with Gasteiger partial charge in [-0.15, -0.1) is 24.8 Å². The van der Waals surface area contributed by atoms with Crippen LogP contribution in [0.15, 0.2) is 24.3 Å². The van der Waals surface area contributed by atoms with Crippen LogP contribution in [0.2, 0.25) is 0 Å². The molecule has 0 spiro atoms. The second-order valence-electron chi connectivity index (χ2n) is 7.40. The average molecular weight is 466 g/mol. The molecule has 0 saturated carbocycles. The van der Waals surface area contributed by atoms with E-state index < -0.39 is 0 Å². The van der Waals surface area contributed by atoms with Gasteiger partial charge in [0.25, 0.3) is 0 Å². The van der Waals surface area contributed by atoms with Crippen molar-refractivity contribution in [3.63, 3.8) is 0 Å². The van der Waals surface area contributed by atoms with Crippen LogP contribution in [0.5, 0.6) is 0 Å². The Kier molecular flexibility index (Phi) is 6.87. The zero-order valence-corrected chi connectivity index (χ0v) is 19.1. The molecular weight excluding hydrogens is 444 g/mol. The first kappa shape index (κ1) is 22.7. The number of rotatable bonds is 2. The highest BCUT2D eigenvalue weighted by Gasteiger charge is 2.19. The third-order valence-corrected chi connectivity index (χ3v) is 6.26. The number of fused-ring (bicyclic) bond motifs is 2. The molecule has 5 rings (SSSR count). The van der Waals surface area contributed by atoms with Crippen LogP contribution in [0.4, 0.5) is 4.39 Å². The Bertz CT molecular complexity index is 1210. The van der Waals surface area contributed by atoms with E-state index in [0.29, 0.717) is 22.4 Å². The molecule has 0 amide bonds. The minimum absolute atomic E-state index is 0. The van der Waals surface area contributed by atoms with E-state index in [1.54, 1.807) is 17.4 Å². The number of aromatic nitrogens is 4. The van der Waals surface area contributed by atoms with Crippen molar-refractivity contribution in [2.45, 2.75) is 32.6 Å². The van der Waals surface area contributed by atoms with Crippen molar-refractivity contribution in [1.29, 1.82) is 0 Å². The van der Waals surface area contributed by atoms with Crippen molar-refractivity contribution in [3.8, 4) is 11.3 Å². The number of aryl methyl sites for hydroxylation is 2. The number of thiazole rings is 1. The SMILES string of the molecule is Cc1nc2c(C)cc(-c3cc(F)c4cc(C5CCNCC5)nnc4c3)nc2s1.Cl.Cl. The first-order chi connectivity index (χ1) is 13.6. The van der Waals surface area contributed by atoms with Crippen molar-refractivity contribution < 1.29 is 4.39 Å². The van der Waals surface area contributed by atoms with Gasteiger partial charge in [0, 0.05) is 16.9 Å². The fourth-order valence-corrected chi connectivity index (χ4v) is 4.76. The summed E-state index contributed by atoms with van der Waals surface area (Å²) < 4.78 is 15.0. The van der Waals surface area contributed by atoms with Crippen molar-refractivity contribution in [2.75, 3.05) is 13.1 Å². The molecule has 1 saturated heterocycles. The molecule has 1 fully saturated rings. The van der Waals surface area contributed by atoms with Crippen LogP contribution in [-0.4, -0.2) is 33.3 Å². The minimum atomic E-state index is -0.280. The highest BCUT2D eigenvalue weighted by atomic mass is 35.5. The monoisotopic (exact) mass is 465 g/mol. The van der Waals surface area contributed by atoms with Crippen LogP contribution in [0.25, 0.3) is 32.5 Å². The molecule has 0 radical (unpaired) electrons. The predicted molar refractivity (Wildman–Crippen MR) is 125 cm³/mol. The van der Waals surface area contributed by atoms with E-state index in [9.17, 15) is 4.39 Å². The summed E-state index contributed by atoms with van der Waals surface area (Å²) in [7, 11) is 0. The number of nitrogens with one attached hydrogen (secondary N) is 1.